The molecule has 2 aromatic rings. The van der Waals surface area contributed by atoms with Crippen LogP contribution in [0, 0.1) is 0 Å². The normalized spacial score (nSPS) is 11.1. The first-order valence-corrected chi connectivity index (χ1v) is 4.73. The molecule has 0 bridgehead atoms. The molecule has 2 heterocycles. The highest BCUT2D eigenvalue weighted by molar-refractivity contribution is 5.46. The third kappa shape index (κ3) is 1.43. The number of hydrogen-bond acceptors (Lipinski definition) is 3. The van der Waals surface area contributed by atoms with Gasteiger partial charge in [0.1, 0.15) is 12.0 Å². The Bertz CT molecular complexity index is 444. The largest absolute Gasteiger partial charge is 0.357 e. The topological polar surface area (TPSA) is 42.2 Å². The van der Waals surface area contributed by atoms with Crippen LogP contribution in [0.2, 0.25) is 0 Å². The molecular formula is C10H14N4. The molecular weight excluding hydrogens is 176 g/mol. The summed E-state index contributed by atoms with van der Waals surface area (Å²) in [4.78, 5) is 8.48. The van der Waals surface area contributed by atoms with Gasteiger partial charge < -0.3 is 5.32 Å². The van der Waals surface area contributed by atoms with Crippen molar-refractivity contribution >= 4 is 11.6 Å². The van der Waals surface area contributed by atoms with E-state index in [0.29, 0.717) is 11.9 Å². The molecule has 0 saturated carbocycles. The van der Waals surface area contributed by atoms with E-state index in [1.54, 1.807) is 6.33 Å². The van der Waals surface area contributed by atoms with Crippen molar-refractivity contribution in [2.45, 2.75) is 19.8 Å². The van der Waals surface area contributed by atoms with E-state index in [9.17, 15) is 0 Å². The summed E-state index contributed by atoms with van der Waals surface area (Å²) in [5.74, 6) is 1.18. The zero-order valence-corrected chi connectivity index (χ0v) is 8.65. The maximum Gasteiger partial charge on any atom is 0.225 e. The van der Waals surface area contributed by atoms with E-state index in [1.165, 1.54) is 5.56 Å². The lowest BCUT2D eigenvalue weighted by molar-refractivity contribution is 0.864. The number of aromatic nitrogens is 3. The Kier molecular flexibility index (Phi) is 2.11. The molecule has 2 rings (SSSR count). The molecule has 1 N–H and O–H groups in total. The third-order valence-corrected chi connectivity index (χ3v) is 2.26. The van der Waals surface area contributed by atoms with Gasteiger partial charge in [-0.05, 0) is 17.5 Å². The summed E-state index contributed by atoms with van der Waals surface area (Å²) in [6, 6.07) is 2.09. The van der Waals surface area contributed by atoms with Gasteiger partial charge in [-0.3, -0.25) is 4.40 Å². The van der Waals surface area contributed by atoms with Crippen molar-refractivity contribution in [2.24, 2.45) is 0 Å². The molecule has 0 saturated heterocycles. The molecule has 0 spiro atoms. The zero-order chi connectivity index (χ0) is 10.1. The van der Waals surface area contributed by atoms with Crippen LogP contribution in [-0.4, -0.2) is 21.4 Å². The molecule has 0 aliphatic heterocycles. The Labute approximate surface area is 83.0 Å². The molecule has 0 atom stereocenters. The minimum absolute atomic E-state index is 0.523. The van der Waals surface area contributed by atoms with E-state index in [2.05, 4.69) is 41.4 Å². The maximum atomic E-state index is 4.34. The highest BCUT2D eigenvalue weighted by atomic mass is 15.2. The zero-order valence-electron chi connectivity index (χ0n) is 8.65. The van der Waals surface area contributed by atoms with Gasteiger partial charge in [0, 0.05) is 13.2 Å². The smallest absolute Gasteiger partial charge is 0.225 e. The van der Waals surface area contributed by atoms with Crippen molar-refractivity contribution in [3.05, 3.63) is 24.2 Å². The van der Waals surface area contributed by atoms with Gasteiger partial charge in [-0.15, -0.1) is 0 Å². The third-order valence-electron chi connectivity index (χ3n) is 2.26. The van der Waals surface area contributed by atoms with Gasteiger partial charge in [-0.1, -0.05) is 13.8 Å². The molecule has 74 valence electrons. The molecule has 4 nitrogen and oxygen atoms in total. The summed E-state index contributed by atoms with van der Waals surface area (Å²) >= 11 is 0. The summed E-state index contributed by atoms with van der Waals surface area (Å²) < 4.78 is 1.94. The van der Waals surface area contributed by atoms with Crippen molar-refractivity contribution in [3.8, 4) is 0 Å². The average Bonchev–Trinajstić information content (AvgIpc) is 2.59. The fourth-order valence-electron chi connectivity index (χ4n) is 1.36. The second-order valence-electron chi connectivity index (χ2n) is 3.62. The quantitative estimate of drug-likeness (QED) is 0.786. The van der Waals surface area contributed by atoms with E-state index in [-0.39, 0.29) is 0 Å². The molecule has 0 aliphatic rings. The highest BCUT2D eigenvalue weighted by Gasteiger charge is 2.04. The lowest BCUT2D eigenvalue weighted by Crippen LogP contribution is -1.97. The molecule has 14 heavy (non-hydrogen) atoms. The van der Waals surface area contributed by atoms with Gasteiger partial charge in [-0.2, -0.15) is 4.98 Å². The van der Waals surface area contributed by atoms with Crippen LogP contribution in [0.5, 0.6) is 0 Å². The monoisotopic (exact) mass is 190 g/mol. The maximum absolute atomic E-state index is 4.34. The fraction of sp³-hybridized carbons (Fsp3) is 0.400. The standard InChI is InChI=1S/C10H14N4/c1-7(2)8-4-9-13-10(11-3)12-6-14(9)5-8/h4-7H,1-3H3,(H,11,13). The first-order chi connectivity index (χ1) is 6.70. The molecule has 0 aromatic carbocycles. The van der Waals surface area contributed by atoms with E-state index in [4.69, 9.17) is 0 Å². The molecule has 0 amide bonds. The lowest BCUT2D eigenvalue weighted by atomic mass is 10.1. The van der Waals surface area contributed by atoms with Crippen LogP contribution in [0.4, 0.5) is 5.95 Å². The SMILES string of the molecule is CNc1ncn2cc(C(C)C)cc2n1. The van der Waals surface area contributed by atoms with Gasteiger partial charge >= 0.3 is 0 Å². The Hall–Kier alpha value is -1.58. The summed E-state index contributed by atoms with van der Waals surface area (Å²) in [5.41, 5.74) is 2.22. The Morgan fingerprint density at radius 3 is 2.86 bits per heavy atom. The van der Waals surface area contributed by atoms with Gasteiger partial charge in [0.15, 0.2) is 0 Å². The van der Waals surface area contributed by atoms with Crippen LogP contribution in [0.1, 0.15) is 25.3 Å². The fourth-order valence-corrected chi connectivity index (χ4v) is 1.36. The van der Waals surface area contributed by atoms with E-state index in [0.717, 1.165) is 5.65 Å². The Morgan fingerprint density at radius 2 is 2.21 bits per heavy atom. The summed E-state index contributed by atoms with van der Waals surface area (Å²) in [6.07, 6.45) is 3.85. The predicted molar refractivity (Wildman–Crippen MR) is 56.6 cm³/mol. The predicted octanol–water partition coefficient (Wildman–Crippen LogP) is 1.89. The van der Waals surface area contributed by atoms with E-state index < -0.39 is 0 Å². The Morgan fingerprint density at radius 1 is 1.43 bits per heavy atom. The summed E-state index contributed by atoms with van der Waals surface area (Å²) in [7, 11) is 1.82. The van der Waals surface area contributed by atoms with Crippen LogP contribution < -0.4 is 5.32 Å². The van der Waals surface area contributed by atoms with Gasteiger partial charge in [0.25, 0.3) is 0 Å². The average molecular weight is 190 g/mol. The van der Waals surface area contributed by atoms with Crippen LogP contribution >= 0.6 is 0 Å². The van der Waals surface area contributed by atoms with Crippen LogP contribution in [-0.2, 0) is 0 Å². The first kappa shape index (κ1) is 8.99. The number of hydrogen-bond donors (Lipinski definition) is 1. The minimum atomic E-state index is 0.523. The highest BCUT2D eigenvalue weighted by Crippen LogP contribution is 2.17. The van der Waals surface area contributed by atoms with E-state index >= 15 is 0 Å². The lowest BCUT2D eigenvalue weighted by Gasteiger charge is -1.97. The number of fused-ring (bicyclic) bond motifs is 1. The van der Waals surface area contributed by atoms with Crippen molar-refractivity contribution in [1.82, 2.24) is 14.4 Å². The summed E-state index contributed by atoms with van der Waals surface area (Å²) in [5, 5.41) is 2.92. The van der Waals surface area contributed by atoms with Gasteiger partial charge in [-0.25, -0.2) is 4.98 Å². The second kappa shape index (κ2) is 3.29. The molecule has 2 aromatic heterocycles. The van der Waals surface area contributed by atoms with Crippen LogP contribution in [0.15, 0.2) is 18.6 Å². The van der Waals surface area contributed by atoms with Crippen molar-refractivity contribution < 1.29 is 0 Å². The number of rotatable bonds is 2. The minimum Gasteiger partial charge on any atom is -0.357 e. The molecule has 0 fully saturated rings. The van der Waals surface area contributed by atoms with Gasteiger partial charge in [0.05, 0.1) is 0 Å². The Balaban J connectivity index is 2.54. The van der Waals surface area contributed by atoms with Crippen LogP contribution in [0.25, 0.3) is 5.65 Å². The van der Waals surface area contributed by atoms with Crippen molar-refractivity contribution in [2.75, 3.05) is 12.4 Å². The first-order valence-electron chi connectivity index (χ1n) is 4.73. The molecule has 0 unspecified atom stereocenters. The molecule has 4 heteroatoms. The molecule has 0 aliphatic carbocycles. The van der Waals surface area contributed by atoms with Gasteiger partial charge in [0.2, 0.25) is 5.95 Å². The number of anilines is 1. The van der Waals surface area contributed by atoms with Crippen LogP contribution in [0.3, 0.4) is 0 Å². The summed E-state index contributed by atoms with van der Waals surface area (Å²) in [6.45, 7) is 4.34. The van der Waals surface area contributed by atoms with E-state index in [1.807, 2.05) is 11.4 Å². The van der Waals surface area contributed by atoms with Crippen molar-refractivity contribution in [1.29, 1.82) is 0 Å². The number of nitrogens with zero attached hydrogens (tertiary/aromatic N) is 3. The van der Waals surface area contributed by atoms with Crippen molar-refractivity contribution in [3.63, 3.8) is 0 Å². The molecule has 0 radical (unpaired) electrons. The number of nitrogens with one attached hydrogen (secondary N) is 1. The second-order valence-corrected chi connectivity index (χ2v) is 3.62.